The van der Waals surface area contributed by atoms with Crippen molar-refractivity contribution >= 4 is 11.9 Å². The Morgan fingerprint density at radius 3 is 1.39 bits per heavy atom. The minimum absolute atomic E-state index is 0.0339. The Morgan fingerprint density at radius 2 is 0.878 bits per heavy atom. The van der Waals surface area contributed by atoms with E-state index in [1.54, 1.807) is 0 Å². The van der Waals surface area contributed by atoms with Crippen molar-refractivity contribution in [2.75, 3.05) is 26.4 Å². The van der Waals surface area contributed by atoms with Crippen molar-refractivity contribution in [3.63, 3.8) is 0 Å². The molecule has 0 bridgehead atoms. The molecule has 74 heavy (non-hydrogen) atoms. The number of esters is 2. The van der Waals surface area contributed by atoms with Gasteiger partial charge >= 0.3 is 11.9 Å². The molecule has 0 saturated carbocycles. The molecule has 0 aromatic rings. The van der Waals surface area contributed by atoms with Gasteiger partial charge in [0.25, 0.3) is 0 Å². The number of carbonyl (C=O) groups is 2. The first-order valence-electron chi connectivity index (χ1n) is 27.8. The number of carbonyl (C=O) groups excluding carboxylic acids is 2. The summed E-state index contributed by atoms with van der Waals surface area (Å²) < 4.78 is 33.5. The molecule has 4 unspecified atom stereocenters. The molecular weight excluding hydrogens is 949 g/mol. The van der Waals surface area contributed by atoms with Crippen molar-refractivity contribution in [2.45, 2.75) is 235 Å². The second-order valence-corrected chi connectivity index (χ2v) is 19.0. The van der Waals surface area contributed by atoms with Crippen LogP contribution in [0.2, 0.25) is 0 Å². The SMILES string of the molecule is CC/C=C/C/C=C/C/C=C/C/C=C/C/C=C/C/C=C/CCC(=O)O[C@@H](COC(=O)CCCCCCCCCCC/C=C/C/C=C/CCCCC)CO[C@@H]1O[C@H](CO[C@@H]2O[C@H](CO)[C@H](O)C(O)C2O)[C@H](O)C(O)C1O. The number of unbranched alkanes of at least 4 members (excludes halogenated alkanes) is 12. The van der Waals surface area contributed by atoms with E-state index in [2.05, 4.69) is 98.9 Å². The Labute approximate surface area is 443 Å². The van der Waals surface area contributed by atoms with Crippen LogP contribution in [-0.4, -0.2) is 142 Å². The number of aliphatic hydroxyl groups is 7. The van der Waals surface area contributed by atoms with Gasteiger partial charge in [-0.1, -0.05) is 169 Å². The molecule has 2 aliphatic heterocycles. The predicted octanol–water partition coefficient (Wildman–Crippen LogP) is 8.93. The van der Waals surface area contributed by atoms with Crippen molar-refractivity contribution < 1.29 is 73.8 Å². The molecule has 0 radical (unpaired) electrons. The quantitative estimate of drug-likeness (QED) is 0.0172. The van der Waals surface area contributed by atoms with Gasteiger partial charge in [0.15, 0.2) is 18.7 Å². The van der Waals surface area contributed by atoms with E-state index in [0.717, 1.165) is 70.6 Å². The largest absolute Gasteiger partial charge is 0.462 e. The number of hydrogen-bond acceptors (Lipinski definition) is 15. The normalized spacial score (nSPS) is 25.4. The molecule has 7 N–H and O–H groups in total. The van der Waals surface area contributed by atoms with E-state index in [0.29, 0.717) is 19.3 Å². The molecule has 15 nitrogen and oxygen atoms in total. The lowest BCUT2D eigenvalue weighted by atomic mass is 9.98. The van der Waals surface area contributed by atoms with Crippen molar-refractivity contribution in [1.82, 2.24) is 0 Å². The summed E-state index contributed by atoms with van der Waals surface area (Å²) in [6.45, 7) is 2.36. The summed E-state index contributed by atoms with van der Waals surface area (Å²) in [4.78, 5) is 25.8. The van der Waals surface area contributed by atoms with E-state index in [1.807, 2.05) is 12.2 Å². The monoisotopic (exact) mass is 1040 g/mol. The van der Waals surface area contributed by atoms with Gasteiger partial charge in [-0.15, -0.1) is 0 Å². The number of aliphatic hydroxyl groups excluding tert-OH is 7. The Kier molecular flexibility index (Phi) is 40.0. The molecule has 0 amide bonds. The summed E-state index contributed by atoms with van der Waals surface area (Å²) in [5.74, 6) is -1.03. The Balaban J connectivity index is 1.81. The van der Waals surface area contributed by atoms with E-state index in [9.17, 15) is 45.3 Å². The average Bonchev–Trinajstić information content (AvgIpc) is 3.39. The summed E-state index contributed by atoms with van der Waals surface area (Å²) in [5.41, 5.74) is 0. The van der Waals surface area contributed by atoms with E-state index >= 15 is 0 Å². The van der Waals surface area contributed by atoms with Gasteiger partial charge in [-0.25, -0.2) is 0 Å². The highest BCUT2D eigenvalue weighted by molar-refractivity contribution is 5.70. The third kappa shape index (κ3) is 31.5. The summed E-state index contributed by atoms with van der Waals surface area (Å²) >= 11 is 0. The molecular formula is C59H96O15. The van der Waals surface area contributed by atoms with E-state index in [-0.39, 0.29) is 19.4 Å². The van der Waals surface area contributed by atoms with Gasteiger partial charge in [0, 0.05) is 12.8 Å². The molecule has 15 heteroatoms. The topological polar surface area (TPSA) is 231 Å². The molecule has 0 aromatic carbocycles. The zero-order valence-electron chi connectivity index (χ0n) is 44.8. The Morgan fingerprint density at radius 1 is 0.446 bits per heavy atom. The molecule has 2 aliphatic rings. The van der Waals surface area contributed by atoms with Gasteiger partial charge in [-0.05, 0) is 83.5 Å². The molecule has 2 heterocycles. The highest BCUT2D eigenvalue weighted by atomic mass is 16.7. The lowest BCUT2D eigenvalue weighted by molar-refractivity contribution is -0.332. The number of hydrogen-bond donors (Lipinski definition) is 7. The molecule has 2 rings (SSSR count). The molecule has 2 saturated heterocycles. The van der Waals surface area contributed by atoms with Crippen LogP contribution in [0.25, 0.3) is 0 Å². The maximum absolute atomic E-state index is 13.0. The summed E-state index contributed by atoms with van der Waals surface area (Å²) in [6, 6.07) is 0. The van der Waals surface area contributed by atoms with Gasteiger partial charge in [0.05, 0.1) is 19.8 Å². The first-order chi connectivity index (χ1) is 36.0. The minimum Gasteiger partial charge on any atom is -0.462 e. The van der Waals surface area contributed by atoms with Crippen molar-refractivity contribution in [3.05, 3.63) is 97.2 Å². The van der Waals surface area contributed by atoms with Gasteiger partial charge in [-0.3, -0.25) is 9.59 Å². The molecule has 422 valence electrons. The first kappa shape index (κ1) is 66.5. The number of allylic oxidation sites excluding steroid dienone is 16. The summed E-state index contributed by atoms with van der Waals surface area (Å²) in [7, 11) is 0. The van der Waals surface area contributed by atoms with Crippen LogP contribution in [0.4, 0.5) is 0 Å². The molecule has 2 fully saturated rings. The van der Waals surface area contributed by atoms with Gasteiger partial charge < -0.3 is 64.2 Å². The van der Waals surface area contributed by atoms with Crippen molar-refractivity contribution in [2.24, 2.45) is 0 Å². The lowest BCUT2D eigenvalue weighted by Crippen LogP contribution is -2.61. The van der Waals surface area contributed by atoms with Crippen LogP contribution in [0.5, 0.6) is 0 Å². The maximum atomic E-state index is 13.0. The van der Waals surface area contributed by atoms with Crippen molar-refractivity contribution in [3.8, 4) is 0 Å². The van der Waals surface area contributed by atoms with Crippen LogP contribution in [0.3, 0.4) is 0 Å². The van der Waals surface area contributed by atoms with Gasteiger partial charge in [-0.2, -0.15) is 0 Å². The second-order valence-electron chi connectivity index (χ2n) is 19.0. The smallest absolute Gasteiger partial charge is 0.306 e. The van der Waals surface area contributed by atoms with Gasteiger partial charge in [0.1, 0.15) is 55.4 Å². The summed E-state index contributed by atoms with van der Waals surface area (Å²) in [5, 5.41) is 72.2. The lowest BCUT2D eigenvalue weighted by Gasteiger charge is -2.42. The fourth-order valence-corrected chi connectivity index (χ4v) is 8.04. The highest BCUT2D eigenvalue weighted by Gasteiger charge is 2.47. The fraction of sp³-hybridized carbons (Fsp3) is 0.695. The highest BCUT2D eigenvalue weighted by Crippen LogP contribution is 2.26. The Bertz CT molecular complexity index is 1650. The standard InChI is InChI=1S/C59H96O15/c1-3-5-7-9-11-13-15-17-19-21-23-25-27-29-31-33-35-37-39-41-50(61)69-44-47(72-51(62)42-40-38-36-34-32-30-28-26-24-22-20-18-16-14-12-10-8-6-4-2)45-70-58-57(68)55(66)53(64)49(74-58)46-71-59-56(67)54(65)52(63)48(43-60)73-59/h6,8,11-14,17-20,24,26,30,32,36,38,47-49,52-60,63-68H,3-5,7,9-10,15-16,21-23,25,27-29,31,33-35,37,39-46H2,1-2H3/b8-6+,13-11+,14-12+,19-17+,20-18+,26-24+,32-30+,38-36+/t47-,48+,49+,52-,53-,54?,55?,56?,57?,58+,59+/m0/s1. The second kappa shape index (κ2) is 44.5. The third-order valence-corrected chi connectivity index (χ3v) is 12.6. The van der Waals surface area contributed by atoms with Crippen LogP contribution in [0.15, 0.2) is 97.2 Å². The van der Waals surface area contributed by atoms with Gasteiger partial charge in [0.2, 0.25) is 0 Å². The third-order valence-electron chi connectivity index (χ3n) is 12.6. The van der Waals surface area contributed by atoms with Crippen molar-refractivity contribution in [1.29, 1.82) is 0 Å². The minimum atomic E-state index is -1.78. The van der Waals surface area contributed by atoms with E-state index in [1.165, 1.54) is 51.4 Å². The van der Waals surface area contributed by atoms with E-state index in [4.69, 9.17) is 28.4 Å². The zero-order chi connectivity index (χ0) is 53.9. The van der Waals surface area contributed by atoms with E-state index < -0.39 is 99.3 Å². The Hall–Kier alpha value is -3.58. The molecule has 11 atom stereocenters. The molecule has 0 aliphatic carbocycles. The number of rotatable bonds is 42. The van der Waals surface area contributed by atoms with Crippen LogP contribution in [-0.2, 0) is 38.0 Å². The van der Waals surface area contributed by atoms with Crippen LogP contribution < -0.4 is 0 Å². The predicted molar refractivity (Wildman–Crippen MR) is 288 cm³/mol. The van der Waals surface area contributed by atoms with Crippen LogP contribution >= 0.6 is 0 Å². The first-order valence-corrected chi connectivity index (χ1v) is 27.8. The number of ether oxygens (including phenoxy) is 6. The summed E-state index contributed by atoms with van der Waals surface area (Å²) in [6.07, 6.45) is 40.1. The fourth-order valence-electron chi connectivity index (χ4n) is 8.04. The maximum Gasteiger partial charge on any atom is 0.306 e. The average molecular weight is 1050 g/mol. The molecule has 0 spiro atoms. The zero-order valence-corrected chi connectivity index (χ0v) is 44.8. The molecule has 0 aromatic heterocycles. The van der Waals surface area contributed by atoms with Crippen LogP contribution in [0.1, 0.15) is 168 Å². The van der Waals surface area contributed by atoms with Crippen LogP contribution in [0, 0.1) is 0 Å².